The van der Waals surface area contributed by atoms with Gasteiger partial charge in [0.25, 0.3) is 11.9 Å². The summed E-state index contributed by atoms with van der Waals surface area (Å²) >= 11 is 0. The number of amides is 1. The molecule has 1 amide bonds. The Kier molecular flexibility index (Phi) is 6.56. The SMILES string of the molecule is COc1ccc(C(=O)N2C[C@@H](CN3CCCN(C)CC3)C[C@H](CO)C2)o1. The zero-order valence-corrected chi connectivity index (χ0v) is 15.9. The van der Waals surface area contributed by atoms with Crippen LogP contribution in [0.3, 0.4) is 0 Å². The summed E-state index contributed by atoms with van der Waals surface area (Å²) in [6, 6.07) is 3.31. The number of likely N-dealkylation sites (tertiary alicyclic amines) is 1. The van der Waals surface area contributed by atoms with Crippen LogP contribution in [0.4, 0.5) is 0 Å². The van der Waals surface area contributed by atoms with Crippen LogP contribution in [-0.2, 0) is 0 Å². The quantitative estimate of drug-likeness (QED) is 0.839. The smallest absolute Gasteiger partial charge is 0.289 e. The maximum absolute atomic E-state index is 12.8. The number of carbonyl (C=O) groups is 1. The predicted molar refractivity (Wildman–Crippen MR) is 98.4 cm³/mol. The fraction of sp³-hybridized carbons (Fsp3) is 0.737. The molecule has 0 aliphatic carbocycles. The highest BCUT2D eigenvalue weighted by Crippen LogP contribution is 2.26. The summed E-state index contributed by atoms with van der Waals surface area (Å²) in [5.74, 6) is 1.03. The Morgan fingerprint density at radius 2 is 2.04 bits per heavy atom. The molecule has 2 aliphatic heterocycles. The van der Waals surface area contributed by atoms with Crippen LogP contribution in [0.15, 0.2) is 16.5 Å². The molecule has 1 aromatic rings. The molecule has 0 spiro atoms. The molecule has 1 N–H and O–H groups in total. The molecule has 146 valence electrons. The minimum Gasteiger partial charge on any atom is -0.468 e. The zero-order chi connectivity index (χ0) is 18.5. The number of nitrogens with zero attached hydrogens (tertiary/aromatic N) is 3. The van der Waals surface area contributed by atoms with Crippen molar-refractivity contribution in [3.8, 4) is 5.95 Å². The topological polar surface area (TPSA) is 69.4 Å². The molecule has 2 atom stereocenters. The van der Waals surface area contributed by atoms with Gasteiger partial charge in [-0.05, 0) is 50.9 Å². The standard InChI is InChI=1S/C19H31N3O4/c1-20-6-3-7-21(9-8-20)11-15-10-16(14-23)13-22(12-15)19(24)17-4-5-18(25-2)26-17/h4-5,15-16,23H,3,6-14H2,1-2H3/t15-,16+/m1/s1. The number of rotatable bonds is 5. The van der Waals surface area contributed by atoms with Gasteiger partial charge in [-0.1, -0.05) is 0 Å². The van der Waals surface area contributed by atoms with Crippen LogP contribution >= 0.6 is 0 Å². The van der Waals surface area contributed by atoms with E-state index in [9.17, 15) is 9.90 Å². The van der Waals surface area contributed by atoms with Crippen LogP contribution in [-0.4, -0.2) is 92.3 Å². The van der Waals surface area contributed by atoms with Crippen LogP contribution in [0.2, 0.25) is 0 Å². The van der Waals surface area contributed by atoms with Crippen molar-refractivity contribution in [3.05, 3.63) is 17.9 Å². The number of aliphatic hydroxyl groups is 1. The van der Waals surface area contributed by atoms with Gasteiger partial charge in [0.05, 0.1) is 7.11 Å². The van der Waals surface area contributed by atoms with Gasteiger partial charge in [0.15, 0.2) is 5.76 Å². The van der Waals surface area contributed by atoms with Crippen molar-refractivity contribution in [2.45, 2.75) is 12.8 Å². The molecule has 3 rings (SSSR count). The molecule has 0 aromatic carbocycles. The summed E-state index contributed by atoms with van der Waals surface area (Å²) in [4.78, 5) is 19.5. The van der Waals surface area contributed by atoms with Crippen LogP contribution in [0.5, 0.6) is 5.95 Å². The summed E-state index contributed by atoms with van der Waals surface area (Å²) in [7, 11) is 3.69. The van der Waals surface area contributed by atoms with Crippen molar-refractivity contribution in [3.63, 3.8) is 0 Å². The molecule has 26 heavy (non-hydrogen) atoms. The second-order valence-corrected chi connectivity index (χ2v) is 7.64. The molecule has 0 radical (unpaired) electrons. The Hall–Kier alpha value is -1.57. The summed E-state index contributed by atoms with van der Waals surface area (Å²) in [6.45, 7) is 6.80. The van der Waals surface area contributed by atoms with E-state index >= 15 is 0 Å². The van der Waals surface area contributed by atoms with E-state index in [-0.39, 0.29) is 18.4 Å². The van der Waals surface area contributed by atoms with Gasteiger partial charge < -0.3 is 29.0 Å². The van der Waals surface area contributed by atoms with E-state index in [1.165, 1.54) is 13.5 Å². The van der Waals surface area contributed by atoms with E-state index in [1.807, 2.05) is 4.90 Å². The van der Waals surface area contributed by atoms with Crippen LogP contribution in [0.1, 0.15) is 23.4 Å². The first-order valence-corrected chi connectivity index (χ1v) is 9.54. The fourth-order valence-electron chi connectivity index (χ4n) is 4.10. The number of piperidine rings is 1. The van der Waals surface area contributed by atoms with Gasteiger partial charge in [-0.3, -0.25) is 4.79 Å². The number of furan rings is 1. The molecule has 1 aromatic heterocycles. The van der Waals surface area contributed by atoms with Crippen molar-refractivity contribution in [2.75, 3.05) is 66.6 Å². The molecular weight excluding hydrogens is 334 g/mol. The Morgan fingerprint density at radius 3 is 2.77 bits per heavy atom. The van der Waals surface area contributed by atoms with E-state index in [1.54, 1.807) is 12.1 Å². The number of methoxy groups -OCH3 is 1. The van der Waals surface area contributed by atoms with Gasteiger partial charge in [-0.2, -0.15) is 0 Å². The highest BCUT2D eigenvalue weighted by Gasteiger charge is 2.32. The molecule has 2 fully saturated rings. The normalized spacial score (nSPS) is 25.9. The molecule has 2 aliphatic rings. The zero-order valence-electron chi connectivity index (χ0n) is 15.9. The first-order chi connectivity index (χ1) is 12.6. The Bertz CT molecular complexity index is 591. The molecule has 7 heteroatoms. The van der Waals surface area contributed by atoms with Crippen molar-refractivity contribution in [1.82, 2.24) is 14.7 Å². The van der Waals surface area contributed by atoms with Gasteiger partial charge in [-0.25, -0.2) is 0 Å². The number of ether oxygens (including phenoxy) is 1. The first-order valence-electron chi connectivity index (χ1n) is 9.54. The van der Waals surface area contributed by atoms with Crippen LogP contribution in [0.25, 0.3) is 0 Å². The Morgan fingerprint density at radius 1 is 1.23 bits per heavy atom. The molecule has 0 unspecified atom stereocenters. The lowest BCUT2D eigenvalue weighted by Crippen LogP contribution is -2.48. The highest BCUT2D eigenvalue weighted by atomic mass is 16.6. The molecule has 7 nitrogen and oxygen atoms in total. The maximum atomic E-state index is 12.8. The summed E-state index contributed by atoms with van der Waals surface area (Å²) < 4.78 is 10.5. The van der Waals surface area contributed by atoms with Crippen LogP contribution < -0.4 is 4.74 Å². The van der Waals surface area contributed by atoms with E-state index < -0.39 is 0 Å². The number of carbonyl (C=O) groups excluding carboxylic acids is 1. The molecule has 3 heterocycles. The van der Waals surface area contributed by atoms with Gasteiger partial charge >= 0.3 is 0 Å². The minimum atomic E-state index is -0.118. The van der Waals surface area contributed by atoms with Crippen molar-refractivity contribution < 1.29 is 19.1 Å². The van der Waals surface area contributed by atoms with Gasteiger partial charge in [0.2, 0.25) is 0 Å². The maximum Gasteiger partial charge on any atom is 0.289 e. The second kappa shape index (κ2) is 8.88. The molecule has 0 bridgehead atoms. The number of likely N-dealkylation sites (N-methyl/N-ethyl adjacent to an activating group) is 1. The number of hydrogen-bond acceptors (Lipinski definition) is 6. The summed E-state index contributed by atoms with van der Waals surface area (Å²) in [6.07, 6.45) is 2.15. The third-order valence-electron chi connectivity index (χ3n) is 5.49. The van der Waals surface area contributed by atoms with Crippen molar-refractivity contribution in [1.29, 1.82) is 0 Å². The third-order valence-corrected chi connectivity index (χ3v) is 5.49. The summed E-state index contributed by atoms with van der Waals surface area (Å²) in [5.41, 5.74) is 0. The Balaban J connectivity index is 1.63. The number of aliphatic hydroxyl groups excluding tert-OH is 1. The van der Waals surface area contributed by atoms with Gasteiger partial charge in [0, 0.05) is 45.4 Å². The Labute approximate surface area is 155 Å². The monoisotopic (exact) mass is 365 g/mol. The second-order valence-electron chi connectivity index (χ2n) is 7.64. The minimum absolute atomic E-state index is 0.116. The van der Waals surface area contributed by atoms with Gasteiger partial charge in [-0.15, -0.1) is 0 Å². The van der Waals surface area contributed by atoms with Crippen LogP contribution in [0, 0.1) is 11.8 Å². The number of hydrogen-bond donors (Lipinski definition) is 1. The summed E-state index contributed by atoms with van der Waals surface area (Å²) in [5, 5.41) is 9.71. The van der Waals surface area contributed by atoms with E-state index in [4.69, 9.17) is 9.15 Å². The molecule has 0 saturated carbocycles. The lowest BCUT2D eigenvalue weighted by Gasteiger charge is -2.38. The lowest BCUT2D eigenvalue weighted by atomic mass is 9.89. The fourth-order valence-corrected chi connectivity index (χ4v) is 4.10. The molecule has 2 saturated heterocycles. The molecular formula is C19H31N3O4. The average Bonchev–Trinajstić information content (AvgIpc) is 3.05. The van der Waals surface area contributed by atoms with E-state index in [2.05, 4.69) is 16.8 Å². The van der Waals surface area contributed by atoms with Crippen molar-refractivity contribution in [2.24, 2.45) is 11.8 Å². The largest absolute Gasteiger partial charge is 0.468 e. The van der Waals surface area contributed by atoms with Crippen molar-refractivity contribution >= 4 is 5.91 Å². The van der Waals surface area contributed by atoms with E-state index in [0.29, 0.717) is 30.7 Å². The average molecular weight is 365 g/mol. The lowest BCUT2D eigenvalue weighted by molar-refractivity contribution is 0.0424. The van der Waals surface area contributed by atoms with Gasteiger partial charge in [0.1, 0.15) is 0 Å². The van der Waals surface area contributed by atoms with E-state index in [0.717, 1.165) is 39.1 Å². The predicted octanol–water partition coefficient (Wildman–Crippen LogP) is 0.996. The third kappa shape index (κ3) is 4.78. The highest BCUT2D eigenvalue weighted by molar-refractivity contribution is 5.91. The first kappa shape index (κ1) is 19.2.